The van der Waals surface area contributed by atoms with Crippen LogP contribution in [0.5, 0.6) is 0 Å². The fourth-order valence-corrected chi connectivity index (χ4v) is 0.981. The van der Waals surface area contributed by atoms with Crippen LogP contribution in [0.1, 0.15) is 12.5 Å². The summed E-state index contributed by atoms with van der Waals surface area (Å²) in [7, 11) is 0. The smallest absolute Gasteiger partial charge is 0.239 e. The molecule has 1 aromatic heterocycles. The Morgan fingerprint density at radius 1 is 1.57 bits per heavy atom. The van der Waals surface area contributed by atoms with Gasteiger partial charge in [0.15, 0.2) is 0 Å². The zero-order valence-electron chi connectivity index (χ0n) is 8.37. The van der Waals surface area contributed by atoms with Crippen LogP contribution in [-0.4, -0.2) is 29.2 Å². The highest BCUT2D eigenvalue weighted by molar-refractivity contribution is 5.80. The van der Waals surface area contributed by atoms with Gasteiger partial charge in [-0.15, -0.1) is 5.10 Å². The number of carbonyl (C=O) groups is 1. The van der Waals surface area contributed by atoms with Crippen molar-refractivity contribution in [3.63, 3.8) is 0 Å². The molecule has 0 spiro atoms. The van der Waals surface area contributed by atoms with E-state index in [1.807, 2.05) is 19.9 Å². The number of aromatic nitrogens is 2. The van der Waals surface area contributed by atoms with Crippen LogP contribution in [0.15, 0.2) is 12.3 Å². The monoisotopic (exact) mass is 194 g/mol. The van der Waals surface area contributed by atoms with Crippen molar-refractivity contribution in [3.05, 3.63) is 17.8 Å². The Labute approximate surface area is 82.9 Å². The molecule has 1 amide bonds. The number of nitrogens with one attached hydrogen (secondary N) is 2. The first kappa shape index (κ1) is 10.4. The van der Waals surface area contributed by atoms with E-state index in [1.165, 1.54) is 0 Å². The molecule has 0 aliphatic rings. The molecule has 5 heteroatoms. The van der Waals surface area contributed by atoms with Crippen molar-refractivity contribution in [2.75, 3.05) is 18.4 Å². The molecule has 0 saturated heterocycles. The molecule has 0 aromatic carbocycles. The van der Waals surface area contributed by atoms with Crippen LogP contribution in [0.3, 0.4) is 0 Å². The lowest BCUT2D eigenvalue weighted by atomic mass is 10.3. The van der Waals surface area contributed by atoms with Crippen molar-refractivity contribution in [2.45, 2.75) is 13.8 Å². The lowest BCUT2D eigenvalue weighted by Crippen LogP contribution is -2.29. The summed E-state index contributed by atoms with van der Waals surface area (Å²) in [6, 6.07) is 1.84. The van der Waals surface area contributed by atoms with E-state index < -0.39 is 0 Å². The Hall–Kier alpha value is -1.65. The first-order valence-corrected chi connectivity index (χ1v) is 4.52. The zero-order valence-corrected chi connectivity index (χ0v) is 8.37. The molecule has 2 N–H and O–H groups in total. The van der Waals surface area contributed by atoms with Crippen LogP contribution in [0.2, 0.25) is 0 Å². The standard InChI is InChI=1S/C9H14N4O/c1-3-10-9(14)6-11-8-4-7(2)5-12-13-8/h4-5H,3,6H2,1-2H3,(H,10,14)(H,11,13). The highest BCUT2D eigenvalue weighted by Crippen LogP contribution is 2.01. The third kappa shape index (κ3) is 3.38. The largest absolute Gasteiger partial charge is 0.360 e. The topological polar surface area (TPSA) is 66.9 Å². The van der Waals surface area contributed by atoms with E-state index >= 15 is 0 Å². The van der Waals surface area contributed by atoms with E-state index in [9.17, 15) is 4.79 Å². The van der Waals surface area contributed by atoms with E-state index in [-0.39, 0.29) is 12.5 Å². The minimum Gasteiger partial charge on any atom is -0.360 e. The fourth-order valence-electron chi connectivity index (χ4n) is 0.981. The van der Waals surface area contributed by atoms with Crippen LogP contribution in [0.25, 0.3) is 0 Å². The molecule has 0 fully saturated rings. The van der Waals surface area contributed by atoms with E-state index in [4.69, 9.17) is 0 Å². The summed E-state index contributed by atoms with van der Waals surface area (Å²) in [5.74, 6) is 0.576. The van der Waals surface area contributed by atoms with E-state index in [2.05, 4.69) is 20.8 Å². The van der Waals surface area contributed by atoms with Crippen molar-refractivity contribution in [1.82, 2.24) is 15.5 Å². The van der Waals surface area contributed by atoms with Crippen molar-refractivity contribution in [3.8, 4) is 0 Å². The fraction of sp³-hybridized carbons (Fsp3) is 0.444. The zero-order chi connectivity index (χ0) is 10.4. The predicted molar refractivity (Wildman–Crippen MR) is 53.9 cm³/mol. The van der Waals surface area contributed by atoms with Gasteiger partial charge in [0.1, 0.15) is 5.82 Å². The quantitative estimate of drug-likeness (QED) is 0.725. The number of likely N-dealkylation sites (N-methyl/N-ethyl adjacent to an activating group) is 1. The second-order valence-corrected chi connectivity index (χ2v) is 2.93. The lowest BCUT2D eigenvalue weighted by molar-refractivity contribution is -0.119. The number of nitrogens with zero attached hydrogens (tertiary/aromatic N) is 2. The molecular weight excluding hydrogens is 180 g/mol. The summed E-state index contributed by atoms with van der Waals surface area (Å²) in [4.78, 5) is 11.1. The van der Waals surface area contributed by atoms with Crippen LogP contribution in [-0.2, 0) is 4.79 Å². The number of aryl methyl sites for hydroxylation is 1. The van der Waals surface area contributed by atoms with Gasteiger partial charge in [-0.2, -0.15) is 5.10 Å². The average molecular weight is 194 g/mol. The molecule has 76 valence electrons. The Kier molecular flexibility index (Phi) is 3.84. The predicted octanol–water partition coefficient (Wildman–Crippen LogP) is 0.333. The number of amides is 1. The molecule has 0 unspecified atom stereocenters. The van der Waals surface area contributed by atoms with Crippen LogP contribution in [0.4, 0.5) is 5.82 Å². The summed E-state index contributed by atoms with van der Waals surface area (Å²) in [6.07, 6.45) is 1.66. The summed E-state index contributed by atoms with van der Waals surface area (Å²) in [6.45, 7) is 4.67. The SMILES string of the molecule is CCNC(=O)CNc1cc(C)cnn1. The molecule has 1 rings (SSSR count). The normalized spacial score (nSPS) is 9.57. The summed E-state index contributed by atoms with van der Waals surface area (Å²) in [5, 5.41) is 13.2. The minimum atomic E-state index is -0.0455. The molecule has 1 heterocycles. The van der Waals surface area contributed by atoms with E-state index in [1.54, 1.807) is 6.20 Å². The van der Waals surface area contributed by atoms with Crippen LogP contribution in [0, 0.1) is 6.92 Å². The maximum Gasteiger partial charge on any atom is 0.239 e. The molecular formula is C9H14N4O. The average Bonchev–Trinajstić information content (AvgIpc) is 2.15. The number of hydrogen-bond donors (Lipinski definition) is 2. The van der Waals surface area contributed by atoms with Crippen molar-refractivity contribution in [1.29, 1.82) is 0 Å². The van der Waals surface area contributed by atoms with Gasteiger partial charge >= 0.3 is 0 Å². The molecule has 1 aromatic rings. The van der Waals surface area contributed by atoms with Gasteiger partial charge < -0.3 is 10.6 Å². The van der Waals surface area contributed by atoms with Gasteiger partial charge in [0.2, 0.25) is 5.91 Å². The van der Waals surface area contributed by atoms with Crippen molar-refractivity contribution in [2.24, 2.45) is 0 Å². The first-order chi connectivity index (χ1) is 6.72. The number of hydrogen-bond acceptors (Lipinski definition) is 4. The van der Waals surface area contributed by atoms with Crippen LogP contribution >= 0.6 is 0 Å². The maximum atomic E-state index is 11.1. The summed E-state index contributed by atoms with van der Waals surface area (Å²) < 4.78 is 0. The molecule has 14 heavy (non-hydrogen) atoms. The van der Waals surface area contributed by atoms with Gasteiger partial charge in [-0.05, 0) is 25.5 Å². The highest BCUT2D eigenvalue weighted by atomic mass is 16.1. The Bertz CT molecular complexity index is 313. The van der Waals surface area contributed by atoms with E-state index in [0.29, 0.717) is 12.4 Å². The second-order valence-electron chi connectivity index (χ2n) is 2.93. The third-order valence-electron chi connectivity index (χ3n) is 1.60. The summed E-state index contributed by atoms with van der Waals surface area (Å²) in [5.41, 5.74) is 1.01. The summed E-state index contributed by atoms with van der Waals surface area (Å²) >= 11 is 0. The van der Waals surface area contributed by atoms with Gasteiger partial charge in [-0.25, -0.2) is 0 Å². The van der Waals surface area contributed by atoms with Gasteiger partial charge in [0.25, 0.3) is 0 Å². The second kappa shape index (κ2) is 5.16. The molecule has 0 radical (unpaired) electrons. The number of anilines is 1. The molecule has 0 aliphatic carbocycles. The van der Waals surface area contributed by atoms with Gasteiger partial charge in [-0.3, -0.25) is 4.79 Å². The Morgan fingerprint density at radius 2 is 2.36 bits per heavy atom. The Balaban J connectivity index is 2.41. The number of carbonyl (C=O) groups excluding carboxylic acids is 1. The van der Waals surface area contributed by atoms with Gasteiger partial charge in [0, 0.05) is 6.54 Å². The molecule has 0 saturated carbocycles. The van der Waals surface area contributed by atoms with Crippen molar-refractivity contribution >= 4 is 11.7 Å². The van der Waals surface area contributed by atoms with E-state index in [0.717, 1.165) is 5.56 Å². The number of rotatable bonds is 4. The maximum absolute atomic E-state index is 11.1. The minimum absolute atomic E-state index is 0.0455. The third-order valence-corrected chi connectivity index (χ3v) is 1.60. The lowest BCUT2D eigenvalue weighted by Gasteiger charge is -2.04. The molecule has 0 aliphatic heterocycles. The van der Waals surface area contributed by atoms with Gasteiger partial charge in [-0.1, -0.05) is 0 Å². The van der Waals surface area contributed by atoms with Gasteiger partial charge in [0.05, 0.1) is 12.7 Å². The van der Waals surface area contributed by atoms with Crippen LogP contribution < -0.4 is 10.6 Å². The highest BCUT2D eigenvalue weighted by Gasteiger charge is 1.99. The molecule has 0 atom stereocenters. The van der Waals surface area contributed by atoms with Crippen molar-refractivity contribution < 1.29 is 4.79 Å². The molecule has 5 nitrogen and oxygen atoms in total. The Morgan fingerprint density at radius 3 is 3.00 bits per heavy atom. The molecule has 0 bridgehead atoms. The first-order valence-electron chi connectivity index (χ1n) is 4.52.